The van der Waals surface area contributed by atoms with E-state index in [1.165, 1.54) is 0 Å². The Labute approximate surface area is 95.5 Å². The molecular weight excluding hydrogens is 202 g/mol. The van der Waals surface area contributed by atoms with Gasteiger partial charge in [0.15, 0.2) is 0 Å². The molecule has 1 aromatic rings. The molecular formula is C13H15NO2. The van der Waals surface area contributed by atoms with Gasteiger partial charge in [-0.3, -0.25) is 9.79 Å². The monoisotopic (exact) mass is 217 g/mol. The van der Waals surface area contributed by atoms with Gasteiger partial charge in [0.05, 0.1) is 6.21 Å². The fraction of sp³-hybridized carbons (Fsp3) is 0.231. The molecule has 0 aliphatic carbocycles. The van der Waals surface area contributed by atoms with Gasteiger partial charge in [0.2, 0.25) is 0 Å². The number of rotatable bonds is 5. The van der Waals surface area contributed by atoms with E-state index in [9.17, 15) is 4.79 Å². The standard InChI is InChI=1S/C13H15NO2/c1-3-12(9-14-4-2)16-13-7-5-11(10-15)6-8-13/h3,5-10H,4H2,1-2H3/b12-3+,14-9?. The molecule has 0 spiro atoms. The summed E-state index contributed by atoms with van der Waals surface area (Å²) in [5.74, 6) is 1.39. The molecule has 0 heterocycles. The number of hydrogen-bond donors (Lipinski definition) is 0. The Morgan fingerprint density at radius 1 is 1.38 bits per heavy atom. The number of aldehydes is 1. The number of nitrogens with zero attached hydrogens (tertiary/aromatic N) is 1. The quantitative estimate of drug-likeness (QED) is 0.432. The molecule has 0 aliphatic rings. The zero-order chi connectivity index (χ0) is 11.8. The van der Waals surface area contributed by atoms with Gasteiger partial charge in [-0.15, -0.1) is 0 Å². The lowest BCUT2D eigenvalue weighted by atomic mass is 10.2. The Morgan fingerprint density at radius 3 is 2.56 bits per heavy atom. The first-order valence-electron chi connectivity index (χ1n) is 5.19. The maximum atomic E-state index is 10.5. The molecule has 0 bridgehead atoms. The van der Waals surface area contributed by atoms with Crippen LogP contribution in [0.5, 0.6) is 5.75 Å². The third-order valence-corrected chi connectivity index (χ3v) is 1.94. The maximum Gasteiger partial charge on any atom is 0.150 e. The minimum Gasteiger partial charge on any atom is -0.456 e. The minimum absolute atomic E-state index is 0.636. The highest BCUT2D eigenvalue weighted by atomic mass is 16.5. The predicted octanol–water partition coefficient (Wildman–Crippen LogP) is 2.87. The lowest BCUT2D eigenvalue weighted by Crippen LogP contribution is -1.96. The molecule has 0 radical (unpaired) electrons. The number of carbonyl (C=O) groups excluding carboxylic acids is 1. The Morgan fingerprint density at radius 2 is 2.06 bits per heavy atom. The van der Waals surface area contributed by atoms with Crippen molar-refractivity contribution in [2.75, 3.05) is 6.54 Å². The lowest BCUT2D eigenvalue weighted by molar-refractivity contribution is 0.112. The number of benzene rings is 1. The average molecular weight is 217 g/mol. The maximum absolute atomic E-state index is 10.5. The summed E-state index contributed by atoms with van der Waals surface area (Å²) in [6.07, 6.45) is 4.33. The summed E-state index contributed by atoms with van der Waals surface area (Å²) in [4.78, 5) is 14.6. The van der Waals surface area contributed by atoms with Crippen LogP contribution in [0.4, 0.5) is 0 Å². The summed E-state index contributed by atoms with van der Waals surface area (Å²) >= 11 is 0. The second-order valence-corrected chi connectivity index (χ2v) is 3.11. The van der Waals surface area contributed by atoms with Gasteiger partial charge >= 0.3 is 0 Å². The molecule has 0 amide bonds. The Bertz CT molecular complexity index is 391. The van der Waals surface area contributed by atoms with E-state index in [1.807, 2.05) is 19.9 Å². The third kappa shape index (κ3) is 3.69. The normalized spacial score (nSPS) is 11.8. The summed E-state index contributed by atoms with van der Waals surface area (Å²) < 4.78 is 5.56. The smallest absolute Gasteiger partial charge is 0.150 e. The van der Waals surface area contributed by atoms with E-state index in [0.717, 1.165) is 12.8 Å². The fourth-order valence-corrected chi connectivity index (χ4v) is 1.09. The first kappa shape index (κ1) is 12.2. The number of ether oxygens (including phenoxy) is 1. The van der Waals surface area contributed by atoms with Crippen molar-refractivity contribution in [2.45, 2.75) is 13.8 Å². The number of aliphatic imine (C=N–C) groups is 1. The van der Waals surface area contributed by atoms with Crippen molar-refractivity contribution in [3.05, 3.63) is 41.7 Å². The minimum atomic E-state index is 0.636. The van der Waals surface area contributed by atoms with E-state index >= 15 is 0 Å². The summed E-state index contributed by atoms with van der Waals surface area (Å²) in [5.41, 5.74) is 0.636. The largest absolute Gasteiger partial charge is 0.456 e. The molecule has 1 rings (SSSR count). The molecule has 3 heteroatoms. The second-order valence-electron chi connectivity index (χ2n) is 3.11. The summed E-state index contributed by atoms with van der Waals surface area (Å²) in [5, 5.41) is 0. The zero-order valence-electron chi connectivity index (χ0n) is 9.51. The number of hydrogen-bond acceptors (Lipinski definition) is 3. The molecule has 0 aromatic heterocycles. The van der Waals surface area contributed by atoms with Crippen molar-refractivity contribution < 1.29 is 9.53 Å². The van der Waals surface area contributed by atoms with Crippen LogP contribution in [0.25, 0.3) is 0 Å². The summed E-state index contributed by atoms with van der Waals surface area (Å²) in [7, 11) is 0. The third-order valence-electron chi connectivity index (χ3n) is 1.94. The van der Waals surface area contributed by atoms with E-state index in [1.54, 1.807) is 30.5 Å². The predicted molar refractivity (Wildman–Crippen MR) is 65.2 cm³/mol. The van der Waals surface area contributed by atoms with Gasteiger partial charge in [0.25, 0.3) is 0 Å². The molecule has 0 aliphatic heterocycles. The molecule has 0 N–H and O–H groups in total. The van der Waals surface area contributed by atoms with Crippen LogP contribution in [0.15, 0.2) is 41.1 Å². The van der Waals surface area contributed by atoms with Crippen LogP contribution < -0.4 is 4.74 Å². The number of carbonyl (C=O) groups is 1. The molecule has 0 saturated heterocycles. The van der Waals surface area contributed by atoms with E-state index < -0.39 is 0 Å². The molecule has 84 valence electrons. The van der Waals surface area contributed by atoms with Crippen molar-refractivity contribution in [3.8, 4) is 5.75 Å². The number of allylic oxidation sites excluding steroid dienone is 2. The highest BCUT2D eigenvalue weighted by Gasteiger charge is 1.97. The van der Waals surface area contributed by atoms with Gasteiger partial charge < -0.3 is 4.74 Å². The van der Waals surface area contributed by atoms with E-state index in [0.29, 0.717) is 17.1 Å². The van der Waals surface area contributed by atoms with Gasteiger partial charge in [-0.05, 0) is 44.2 Å². The van der Waals surface area contributed by atoms with Crippen LogP contribution in [0.2, 0.25) is 0 Å². The van der Waals surface area contributed by atoms with Crippen LogP contribution in [0.3, 0.4) is 0 Å². The summed E-state index contributed by atoms with van der Waals surface area (Å²) in [6.45, 7) is 4.57. The summed E-state index contributed by atoms with van der Waals surface area (Å²) in [6, 6.07) is 6.94. The molecule has 3 nitrogen and oxygen atoms in total. The molecule has 0 unspecified atom stereocenters. The molecule has 1 aromatic carbocycles. The van der Waals surface area contributed by atoms with Crippen LogP contribution in [0, 0.1) is 0 Å². The van der Waals surface area contributed by atoms with Crippen molar-refractivity contribution >= 4 is 12.5 Å². The van der Waals surface area contributed by atoms with Crippen LogP contribution in [-0.2, 0) is 0 Å². The van der Waals surface area contributed by atoms with Crippen molar-refractivity contribution in [3.63, 3.8) is 0 Å². The lowest BCUT2D eigenvalue weighted by Gasteiger charge is -2.05. The molecule has 0 atom stereocenters. The van der Waals surface area contributed by atoms with Crippen LogP contribution >= 0.6 is 0 Å². The highest BCUT2D eigenvalue weighted by molar-refractivity contribution is 5.77. The Kier molecular flexibility index (Phi) is 4.99. The first-order chi connectivity index (χ1) is 7.80. The van der Waals surface area contributed by atoms with Crippen LogP contribution in [0.1, 0.15) is 24.2 Å². The van der Waals surface area contributed by atoms with Gasteiger partial charge in [-0.25, -0.2) is 0 Å². The first-order valence-corrected chi connectivity index (χ1v) is 5.19. The van der Waals surface area contributed by atoms with E-state index in [-0.39, 0.29) is 0 Å². The highest BCUT2D eigenvalue weighted by Crippen LogP contribution is 2.13. The van der Waals surface area contributed by atoms with Crippen molar-refractivity contribution in [1.29, 1.82) is 0 Å². The SMILES string of the molecule is C/C=C(\C=NCC)Oc1ccc(C=O)cc1. The molecule has 0 fully saturated rings. The zero-order valence-corrected chi connectivity index (χ0v) is 9.51. The van der Waals surface area contributed by atoms with E-state index in [2.05, 4.69) is 4.99 Å². The van der Waals surface area contributed by atoms with Crippen molar-refractivity contribution in [1.82, 2.24) is 0 Å². The second kappa shape index (κ2) is 6.56. The van der Waals surface area contributed by atoms with Crippen molar-refractivity contribution in [2.24, 2.45) is 4.99 Å². The molecule has 0 saturated carbocycles. The van der Waals surface area contributed by atoms with E-state index in [4.69, 9.17) is 4.74 Å². The van der Waals surface area contributed by atoms with Gasteiger partial charge in [-0.2, -0.15) is 0 Å². The average Bonchev–Trinajstić information content (AvgIpc) is 2.35. The van der Waals surface area contributed by atoms with Crippen LogP contribution in [-0.4, -0.2) is 19.0 Å². The fourth-order valence-electron chi connectivity index (χ4n) is 1.09. The topological polar surface area (TPSA) is 38.7 Å². The Balaban J connectivity index is 2.71. The van der Waals surface area contributed by atoms with Gasteiger partial charge in [0.1, 0.15) is 17.8 Å². The Hall–Kier alpha value is -1.90. The van der Waals surface area contributed by atoms with Gasteiger partial charge in [0, 0.05) is 12.1 Å². The van der Waals surface area contributed by atoms with Gasteiger partial charge in [-0.1, -0.05) is 0 Å². The molecule has 16 heavy (non-hydrogen) atoms.